The van der Waals surface area contributed by atoms with E-state index in [1.807, 2.05) is 0 Å². The lowest BCUT2D eigenvalue weighted by molar-refractivity contribution is -0.131. The van der Waals surface area contributed by atoms with Crippen LogP contribution in [0.2, 0.25) is 0 Å². The molecule has 1 amide bonds. The average molecular weight is 447 g/mol. The Labute approximate surface area is 178 Å². The van der Waals surface area contributed by atoms with E-state index in [1.165, 1.54) is 29.4 Å². The summed E-state index contributed by atoms with van der Waals surface area (Å²) in [6.45, 7) is 2.74. The van der Waals surface area contributed by atoms with E-state index < -0.39 is 26.1 Å². The van der Waals surface area contributed by atoms with Gasteiger partial charge in [-0.3, -0.25) is 19.4 Å². The van der Waals surface area contributed by atoms with Crippen molar-refractivity contribution in [2.75, 3.05) is 6.26 Å². The number of carbonyl (C=O) groups is 1. The van der Waals surface area contributed by atoms with Crippen LogP contribution in [-0.4, -0.2) is 40.1 Å². The van der Waals surface area contributed by atoms with Gasteiger partial charge in [0.15, 0.2) is 14.6 Å². The van der Waals surface area contributed by atoms with Gasteiger partial charge in [0.25, 0.3) is 11.5 Å². The second-order valence-electron chi connectivity index (χ2n) is 7.63. The highest BCUT2D eigenvalue weighted by Crippen LogP contribution is 2.25. The van der Waals surface area contributed by atoms with E-state index in [0.717, 1.165) is 6.26 Å². The van der Waals surface area contributed by atoms with E-state index in [-0.39, 0.29) is 18.8 Å². The molecule has 3 aromatic rings. The van der Waals surface area contributed by atoms with Gasteiger partial charge >= 0.3 is 0 Å². The summed E-state index contributed by atoms with van der Waals surface area (Å²) in [5.74, 6) is -1.41. The minimum Gasteiger partial charge on any atom is -0.299 e. The zero-order chi connectivity index (χ0) is 23.0. The molecule has 0 aliphatic heterocycles. The Morgan fingerprint density at radius 1 is 1.23 bits per heavy atom. The summed E-state index contributed by atoms with van der Waals surface area (Å²) in [5.41, 5.74) is 3.24. The molecule has 2 aromatic carbocycles. The average Bonchev–Trinajstić information content (AvgIpc) is 2.73. The lowest BCUT2D eigenvalue weighted by Gasteiger charge is -2.25. The normalized spacial score (nSPS) is 13.7. The highest BCUT2D eigenvalue weighted by atomic mass is 32.2. The van der Waals surface area contributed by atoms with Crippen LogP contribution >= 0.6 is 0 Å². The van der Waals surface area contributed by atoms with E-state index >= 15 is 0 Å². The maximum absolute atomic E-state index is 13.9. The largest absolute Gasteiger partial charge is 0.299 e. The molecule has 0 bridgehead atoms. The van der Waals surface area contributed by atoms with Gasteiger partial charge in [0.1, 0.15) is 5.82 Å². The number of hydrogen-bond acceptors (Lipinski definition) is 6. The Balaban J connectivity index is 1.95. The molecule has 0 aliphatic rings. The second kappa shape index (κ2) is 8.20. The molecule has 3 rings (SSSR count). The van der Waals surface area contributed by atoms with Crippen LogP contribution in [0.25, 0.3) is 22.0 Å². The number of hydroxylamine groups is 1. The predicted molar refractivity (Wildman–Crippen MR) is 114 cm³/mol. The smallest absolute Gasteiger partial charge is 0.264 e. The van der Waals surface area contributed by atoms with Gasteiger partial charge in [0.2, 0.25) is 0 Å². The highest BCUT2D eigenvalue weighted by molar-refractivity contribution is 7.92. The van der Waals surface area contributed by atoms with Crippen molar-refractivity contribution >= 4 is 26.6 Å². The molecule has 0 aliphatic carbocycles. The monoisotopic (exact) mass is 447 g/mol. The number of benzene rings is 2. The van der Waals surface area contributed by atoms with Gasteiger partial charge in [-0.1, -0.05) is 18.2 Å². The van der Waals surface area contributed by atoms with E-state index in [4.69, 9.17) is 5.21 Å². The van der Waals surface area contributed by atoms with Gasteiger partial charge < -0.3 is 0 Å². The molecule has 164 valence electrons. The summed E-state index contributed by atoms with van der Waals surface area (Å²) >= 11 is 0. The van der Waals surface area contributed by atoms with Crippen LogP contribution in [-0.2, 0) is 21.2 Å². The molecule has 1 atom stereocenters. The minimum absolute atomic E-state index is 0.107. The molecule has 0 saturated heterocycles. The molecule has 8 nitrogen and oxygen atoms in total. The number of nitrogens with zero attached hydrogens (tertiary/aromatic N) is 2. The molecule has 1 heterocycles. The molecule has 0 fully saturated rings. The second-order valence-corrected chi connectivity index (χ2v) is 10.1. The Kier molecular flexibility index (Phi) is 5.97. The molecular weight excluding hydrogens is 425 g/mol. The number of fused-ring (bicyclic) bond motifs is 1. The minimum atomic E-state index is -3.88. The van der Waals surface area contributed by atoms with Crippen molar-refractivity contribution < 1.29 is 22.8 Å². The van der Waals surface area contributed by atoms with Gasteiger partial charge in [-0.15, -0.1) is 0 Å². The van der Waals surface area contributed by atoms with Crippen LogP contribution in [0.5, 0.6) is 0 Å². The van der Waals surface area contributed by atoms with E-state index in [9.17, 15) is 22.4 Å². The SMILES string of the molecule is Cc1ccc(-c2ccc3c(=O)n(CC[C@](C)(C(=O)NO)S(C)(=O)=O)cnc3c2)cc1F. The number of aromatic nitrogens is 2. The third kappa shape index (κ3) is 4.21. The van der Waals surface area contributed by atoms with Crippen LogP contribution in [0.15, 0.2) is 47.5 Å². The lowest BCUT2D eigenvalue weighted by atomic mass is 10.0. The highest BCUT2D eigenvalue weighted by Gasteiger charge is 2.43. The molecule has 0 unspecified atom stereocenters. The fourth-order valence-electron chi connectivity index (χ4n) is 3.19. The quantitative estimate of drug-likeness (QED) is 0.442. The van der Waals surface area contributed by atoms with Crippen LogP contribution in [0.1, 0.15) is 18.9 Å². The van der Waals surface area contributed by atoms with Crippen molar-refractivity contribution in [3.8, 4) is 11.1 Å². The number of sulfone groups is 1. The first kappa shape index (κ1) is 22.6. The molecule has 0 spiro atoms. The first-order valence-electron chi connectivity index (χ1n) is 9.38. The van der Waals surface area contributed by atoms with Crippen molar-refractivity contribution in [1.82, 2.24) is 15.0 Å². The molecule has 10 heteroatoms. The number of hydrogen-bond donors (Lipinski definition) is 2. The van der Waals surface area contributed by atoms with Gasteiger partial charge in [-0.05, 0) is 55.2 Å². The van der Waals surface area contributed by atoms with Crippen LogP contribution < -0.4 is 11.0 Å². The van der Waals surface area contributed by atoms with Crippen LogP contribution in [0.4, 0.5) is 4.39 Å². The summed E-state index contributed by atoms with van der Waals surface area (Å²) in [6.07, 6.45) is 1.91. The van der Waals surface area contributed by atoms with Crippen molar-refractivity contribution in [2.24, 2.45) is 0 Å². The predicted octanol–water partition coefficient (Wildman–Crippen LogP) is 2.21. The number of amides is 1. The van der Waals surface area contributed by atoms with Crippen LogP contribution in [0.3, 0.4) is 0 Å². The van der Waals surface area contributed by atoms with Gasteiger partial charge in [0, 0.05) is 12.8 Å². The van der Waals surface area contributed by atoms with Crippen molar-refractivity contribution in [1.29, 1.82) is 0 Å². The summed E-state index contributed by atoms with van der Waals surface area (Å²) < 4.78 is 37.4. The van der Waals surface area contributed by atoms with Gasteiger partial charge in [-0.2, -0.15) is 0 Å². The molecule has 0 saturated carbocycles. The number of rotatable bonds is 6. The first-order chi connectivity index (χ1) is 14.5. The third-order valence-corrected chi connectivity index (χ3v) is 7.59. The van der Waals surface area contributed by atoms with E-state index in [2.05, 4.69) is 4.98 Å². The maximum atomic E-state index is 13.9. The summed E-state index contributed by atoms with van der Waals surface area (Å²) in [5, 5.41) is 9.21. The first-order valence-corrected chi connectivity index (χ1v) is 11.3. The fourth-order valence-corrected chi connectivity index (χ4v) is 4.03. The number of halogens is 1. The summed E-state index contributed by atoms with van der Waals surface area (Å²) in [4.78, 5) is 29.1. The van der Waals surface area contributed by atoms with Crippen LogP contribution in [0, 0.1) is 12.7 Å². The zero-order valence-electron chi connectivity index (χ0n) is 17.2. The van der Waals surface area contributed by atoms with E-state index in [1.54, 1.807) is 37.3 Å². The zero-order valence-corrected chi connectivity index (χ0v) is 18.0. The third-order valence-electron chi connectivity index (χ3n) is 5.56. The topological polar surface area (TPSA) is 118 Å². The molecule has 2 N–H and O–H groups in total. The lowest BCUT2D eigenvalue weighted by Crippen LogP contribution is -2.50. The van der Waals surface area contributed by atoms with E-state index in [0.29, 0.717) is 27.6 Å². The molecule has 1 aromatic heterocycles. The fraction of sp³-hybridized carbons (Fsp3) is 0.286. The number of aryl methyl sites for hydroxylation is 2. The maximum Gasteiger partial charge on any atom is 0.264 e. The molecular formula is C21H22FN3O5S. The van der Waals surface area contributed by atoms with Crippen molar-refractivity contribution in [2.45, 2.75) is 31.6 Å². The molecule has 31 heavy (non-hydrogen) atoms. The Morgan fingerprint density at radius 2 is 1.87 bits per heavy atom. The Bertz CT molecular complexity index is 1340. The Hall–Kier alpha value is -3.11. The van der Waals surface area contributed by atoms with Gasteiger partial charge in [0.05, 0.1) is 17.2 Å². The van der Waals surface area contributed by atoms with Crippen molar-refractivity contribution in [3.63, 3.8) is 0 Å². The standard InChI is InChI=1S/C21H22FN3O5S/c1-13-4-5-14(10-17(13)22)15-6-7-16-18(11-15)23-12-25(19(16)26)9-8-21(2,20(27)24-28)31(3,29)30/h4-7,10-12,28H,8-9H2,1-3H3,(H,24,27)/t21-/m1/s1. The number of nitrogens with one attached hydrogen (secondary N) is 1. The molecule has 0 radical (unpaired) electrons. The number of carbonyl (C=O) groups excluding carboxylic acids is 1. The Morgan fingerprint density at radius 3 is 2.48 bits per heavy atom. The summed E-state index contributed by atoms with van der Waals surface area (Å²) in [6, 6.07) is 9.78. The summed E-state index contributed by atoms with van der Waals surface area (Å²) in [7, 11) is -3.88. The van der Waals surface area contributed by atoms with Crippen molar-refractivity contribution in [3.05, 3.63) is 64.5 Å². The van der Waals surface area contributed by atoms with Gasteiger partial charge in [-0.25, -0.2) is 23.3 Å².